The van der Waals surface area contributed by atoms with Crippen molar-refractivity contribution in [3.05, 3.63) is 46.7 Å². The van der Waals surface area contributed by atoms with Crippen LogP contribution in [-0.4, -0.2) is 15.8 Å². The van der Waals surface area contributed by atoms with Gasteiger partial charge in [0.25, 0.3) is 0 Å². The van der Waals surface area contributed by atoms with Gasteiger partial charge in [0.15, 0.2) is 0 Å². The van der Waals surface area contributed by atoms with Crippen LogP contribution >= 0.6 is 11.6 Å². The molecular formula is C16H20ClN3. The van der Waals surface area contributed by atoms with Crippen molar-refractivity contribution < 1.29 is 0 Å². The van der Waals surface area contributed by atoms with Crippen molar-refractivity contribution in [1.82, 2.24) is 9.78 Å². The summed E-state index contributed by atoms with van der Waals surface area (Å²) >= 11 is 6.37. The van der Waals surface area contributed by atoms with E-state index in [1.54, 1.807) is 0 Å². The molecule has 0 spiro atoms. The molecule has 2 aromatic rings. The minimum Gasteiger partial charge on any atom is -0.327 e. The largest absolute Gasteiger partial charge is 0.327 e. The summed E-state index contributed by atoms with van der Waals surface area (Å²) in [5.41, 5.74) is 9.30. The highest BCUT2D eigenvalue weighted by molar-refractivity contribution is 6.31. The van der Waals surface area contributed by atoms with Gasteiger partial charge >= 0.3 is 0 Å². The van der Waals surface area contributed by atoms with E-state index in [-0.39, 0.29) is 6.04 Å². The highest BCUT2D eigenvalue weighted by atomic mass is 35.5. The molecule has 1 heterocycles. The normalized spacial score (nSPS) is 16.4. The highest BCUT2D eigenvalue weighted by Gasteiger charge is 2.25. The molecule has 3 rings (SSSR count). The molecule has 0 aliphatic heterocycles. The summed E-state index contributed by atoms with van der Waals surface area (Å²) in [7, 11) is 0. The molecular weight excluding hydrogens is 270 g/mol. The van der Waals surface area contributed by atoms with Gasteiger partial charge in [-0.1, -0.05) is 24.6 Å². The van der Waals surface area contributed by atoms with Crippen molar-refractivity contribution in [1.29, 1.82) is 0 Å². The van der Waals surface area contributed by atoms with Crippen LogP contribution < -0.4 is 5.73 Å². The Labute approximate surface area is 124 Å². The summed E-state index contributed by atoms with van der Waals surface area (Å²) in [5, 5.41) is 5.40. The van der Waals surface area contributed by atoms with Gasteiger partial charge in [0.2, 0.25) is 0 Å². The number of aromatic nitrogens is 2. The predicted octanol–water partition coefficient (Wildman–Crippen LogP) is 3.68. The van der Waals surface area contributed by atoms with Crippen LogP contribution in [0.25, 0.3) is 5.69 Å². The van der Waals surface area contributed by atoms with Gasteiger partial charge in [-0.25, -0.2) is 4.68 Å². The topological polar surface area (TPSA) is 43.8 Å². The molecule has 1 aromatic carbocycles. The SMILES string of the molecule is CCC(N)Cc1ccc(-n2ccc(C3CC3)n2)cc1Cl. The second-order valence-electron chi connectivity index (χ2n) is 5.61. The van der Waals surface area contributed by atoms with Crippen LogP contribution in [0.5, 0.6) is 0 Å². The quantitative estimate of drug-likeness (QED) is 0.912. The Morgan fingerprint density at radius 2 is 2.20 bits per heavy atom. The summed E-state index contributed by atoms with van der Waals surface area (Å²) in [6.07, 6.45) is 6.33. The van der Waals surface area contributed by atoms with E-state index < -0.39 is 0 Å². The van der Waals surface area contributed by atoms with Crippen LogP contribution in [-0.2, 0) is 6.42 Å². The van der Waals surface area contributed by atoms with E-state index in [2.05, 4.69) is 30.2 Å². The maximum Gasteiger partial charge on any atom is 0.0660 e. The van der Waals surface area contributed by atoms with Gasteiger partial charge in [-0.3, -0.25) is 0 Å². The van der Waals surface area contributed by atoms with E-state index in [1.165, 1.54) is 18.5 Å². The number of nitrogens with zero attached hydrogens (tertiary/aromatic N) is 2. The molecule has 106 valence electrons. The number of halogens is 1. The molecule has 0 saturated heterocycles. The fourth-order valence-corrected chi connectivity index (χ4v) is 2.60. The van der Waals surface area contributed by atoms with Crippen molar-refractivity contribution >= 4 is 11.6 Å². The molecule has 1 aromatic heterocycles. The fourth-order valence-electron chi connectivity index (χ4n) is 2.35. The molecule has 0 radical (unpaired) electrons. The molecule has 1 unspecified atom stereocenters. The van der Waals surface area contributed by atoms with Crippen LogP contribution in [0.15, 0.2) is 30.5 Å². The molecule has 3 nitrogen and oxygen atoms in total. The first-order valence-electron chi connectivity index (χ1n) is 7.27. The Hall–Kier alpha value is -1.32. The summed E-state index contributed by atoms with van der Waals surface area (Å²) < 4.78 is 1.91. The monoisotopic (exact) mass is 289 g/mol. The van der Waals surface area contributed by atoms with Gasteiger partial charge in [0.1, 0.15) is 0 Å². The third-order valence-electron chi connectivity index (χ3n) is 3.91. The maximum atomic E-state index is 6.37. The average molecular weight is 290 g/mol. The Balaban J connectivity index is 1.81. The molecule has 0 amide bonds. The lowest BCUT2D eigenvalue weighted by molar-refractivity contribution is 0.646. The Kier molecular flexibility index (Phi) is 3.81. The zero-order valence-corrected chi connectivity index (χ0v) is 12.5. The van der Waals surface area contributed by atoms with Crippen LogP contribution in [0.1, 0.15) is 43.4 Å². The van der Waals surface area contributed by atoms with Crippen molar-refractivity contribution in [3.63, 3.8) is 0 Å². The summed E-state index contributed by atoms with van der Waals surface area (Å²) in [6.45, 7) is 2.09. The van der Waals surface area contributed by atoms with Crippen LogP contribution in [0.2, 0.25) is 5.02 Å². The second kappa shape index (κ2) is 5.58. The van der Waals surface area contributed by atoms with Crippen molar-refractivity contribution in [3.8, 4) is 5.69 Å². The Morgan fingerprint density at radius 3 is 2.85 bits per heavy atom. The van der Waals surface area contributed by atoms with Crippen LogP contribution in [0.3, 0.4) is 0 Å². The van der Waals surface area contributed by atoms with E-state index in [0.717, 1.165) is 29.1 Å². The van der Waals surface area contributed by atoms with Gasteiger partial charge in [-0.15, -0.1) is 0 Å². The Morgan fingerprint density at radius 1 is 1.40 bits per heavy atom. The first-order valence-corrected chi connectivity index (χ1v) is 7.65. The molecule has 2 N–H and O–H groups in total. The van der Waals surface area contributed by atoms with Gasteiger partial charge in [0.05, 0.1) is 11.4 Å². The Bertz CT molecular complexity index is 602. The zero-order chi connectivity index (χ0) is 14.1. The summed E-state index contributed by atoms with van der Waals surface area (Å²) in [6, 6.07) is 8.37. The first-order chi connectivity index (χ1) is 9.67. The zero-order valence-electron chi connectivity index (χ0n) is 11.7. The predicted molar refractivity (Wildman–Crippen MR) is 82.5 cm³/mol. The molecule has 1 aliphatic rings. The lowest BCUT2D eigenvalue weighted by Gasteiger charge is -2.11. The fraction of sp³-hybridized carbons (Fsp3) is 0.438. The van der Waals surface area contributed by atoms with E-state index in [0.29, 0.717) is 5.92 Å². The lowest BCUT2D eigenvalue weighted by Crippen LogP contribution is -2.21. The maximum absolute atomic E-state index is 6.37. The number of hydrogen-bond donors (Lipinski definition) is 1. The smallest absolute Gasteiger partial charge is 0.0660 e. The van der Waals surface area contributed by atoms with Crippen LogP contribution in [0, 0.1) is 0 Å². The third kappa shape index (κ3) is 2.89. The summed E-state index contributed by atoms with van der Waals surface area (Å²) in [5.74, 6) is 0.675. The van der Waals surface area contributed by atoms with Crippen LogP contribution in [0.4, 0.5) is 0 Å². The van der Waals surface area contributed by atoms with E-state index in [9.17, 15) is 0 Å². The van der Waals surface area contributed by atoms with E-state index in [1.807, 2.05) is 16.9 Å². The molecule has 20 heavy (non-hydrogen) atoms. The molecule has 1 fully saturated rings. The number of rotatable bonds is 5. The molecule has 4 heteroatoms. The van der Waals surface area contributed by atoms with Crippen molar-refractivity contribution in [2.24, 2.45) is 5.73 Å². The average Bonchev–Trinajstić information content (AvgIpc) is 3.18. The number of benzene rings is 1. The molecule has 1 saturated carbocycles. The molecule has 1 atom stereocenters. The number of nitrogens with two attached hydrogens (primary N) is 1. The molecule has 1 aliphatic carbocycles. The van der Waals surface area contributed by atoms with Gasteiger partial charge in [-0.2, -0.15) is 5.10 Å². The first kappa shape index (κ1) is 13.7. The number of hydrogen-bond acceptors (Lipinski definition) is 2. The minimum absolute atomic E-state index is 0.171. The van der Waals surface area contributed by atoms with Gasteiger partial charge in [-0.05, 0) is 49.4 Å². The highest BCUT2D eigenvalue weighted by Crippen LogP contribution is 2.39. The van der Waals surface area contributed by atoms with E-state index >= 15 is 0 Å². The second-order valence-corrected chi connectivity index (χ2v) is 6.01. The van der Waals surface area contributed by atoms with E-state index in [4.69, 9.17) is 17.3 Å². The molecule has 0 bridgehead atoms. The minimum atomic E-state index is 0.171. The van der Waals surface area contributed by atoms with Gasteiger partial charge in [0, 0.05) is 23.2 Å². The van der Waals surface area contributed by atoms with Gasteiger partial charge < -0.3 is 5.73 Å². The standard InChI is InChI=1S/C16H20ClN3/c1-2-13(18)9-12-5-6-14(10-15(12)17)20-8-7-16(19-20)11-3-4-11/h5-8,10-11,13H,2-4,9,18H2,1H3. The van der Waals surface area contributed by atoms with Crippen molar-refractivity contribution in [2.75, 3.05) is 0 Å². The summed E-state index contributed by atoms with van der Waals surface area (Å²) in [4.78, 5) is 0. The lowest BCUT2D eigenvalue weighted by atomic mass is 10.0. The van der Waals surface area contributed by atoms with Crippen molar-refractivity contribution in [2.45, 2.75) is 44.6 Å². The third-order valence-corrected chi connectivity index (χ3v) is 4.26.